The molecule has 4 fully saturated rings. The number of aliphatic imine (C=N–C) groups is 1. The molecule has 0 spiro atoms. The number of nitrogens with one attached hydrogen (secondary N) is 1. The third kappa shape index (κ3) is 1.84. The lowest BCUT2D eigenvalue weighted by atomic mass is 9.54. The van der Waals surface area contributed by atoms with Crippen LogP contribution in [-0.4, -0.2) is 23.0 Å². The van der Waals surface area contributed by atoms with Crippen molar-refractivity contribution in [1.82, 2.24) is 5.01 Å². The van der Waals surface area contributed by atoms with E-state index < -0.39 is 0 Å². The highest BCUT2D eigenvalue weighted by Crippen LogP contribution is 2.54. The van der Waals surface area contributed by atoms with Crippen molar-refractivity contribution in [1.29, 1.82) is 5.41 Å². The molecule has 7 N–H and O–H groups in total. The van der Waals surface area contributed by atoms with Crippen molar-refractivity contribution in [2.24, 2.45) is 46.0 Å². The van der Waals surface area contributed by atoms with Crippen LogP contribution in [0.2, 0.25) is 0 Å². The molecule has 0 atom stereocenters. The van der Waals surface area contributed by atoms with Crippen LogP contribution >= 0.6 is 0 Å². The van der Waals surface area contributed by atoms with E-state index in [-0.39, 0.29) is 11.9 Å². The average Bonchev–Trinajstić information content (AvgIpc) is 2.31. The van der Waals surface area contributed by atoms with Gasteiger partial charge in [-0.25, -0.2) is 15.8 Å². The van der Waals surface area contributed by atoms with Crippen molar-refractivity contribution in [2.45, 2.75) is 38.1 Å². The van der Waals surface area contributed by atoms with Gasteiger partial charge in [-0.2, -0.15) is 0 Å². The van der Waals surface area contributed by atoms with Crippen molar-refractivity contribution >= 4 is 11.9 Å². The van der Waals surface area contributed by atoms with Gasteiger partial charge in [0, 0.05) is 0 Å². The summed E-state index contributed by atoms with van der Waals surface area (Å²) in [5, 5.41) is 8.23. The first kappa shape index (κ1) is 11.8. The fourth-order valence-corrected chi connectivity index (χ4v) is 4.45. The molecule has 4 aliphatic rings. The van der Waals surface area contributed by atoms with Gasteiger partial charge in [0.1, 0.15) is 0 Å². The number of nitrogens with zero attached hydrogens (tertiary/aromatic N) is 2. The van der Waals surface area contributed by atoms with Crippen LogP contribution in [0.5, 0.6) is 0 Å². The molecule has 4 saturated carbocycles. The summed E-state index contributed by atoms with van der Waals surface area (Å²) in [7, 11) is 0. The fourth-order valence-electron chi connectivity index (χ4n) is 4.45. The molecule has 0 aromatic carbocycles. The second-order valence-corrected chi connectivity index (χ2v) is 6.16. The van der Waals surface area contributed by atoms with E-state index in [0.717, 1.165) is 16.8 Å². The lowest BCUT2D eigenvalue weighted by Crippen LogP contribution is -2.53. The van der Waals surface area contributed by atoms with E-state index in [4.69, 9.17) is 22.7 Å². The van der Waals surface area contributed by atoms with Gasteiger partial charge >= 0.3 is 0 Å². The summed E-state index contributed by atoms with van der Waals surface area (Å²) >= 11 is 0. The zero-order chi connectivity index (χ0) is 12.9. The molecule has 100 valence electrons. The molecule has 6 heteroatoms. The number of nitrogens with two attached hydrogens (primary N) is 3. The van der Waals surface area contributed by atoms with E-state index in [2.05, 4.69) is 4.99 Å². The smallest absolute Gasteiger partial charge is 0.213 e. The molecular formula is C12H22N6. The average molecular weight is 250 g/mol. The molecule has 6 nitrogen and oxygen atoms in total. The molecule has 0 amide bonds. The van der Waals surface area contributed by atoms with Crippen LogP contribution in [0, 0.1) is 29.1 Å². The molecule has 0 aliphatic heterocycles. The molecule has 4 rings (SSSR count). The van der Waals surface area contributed by atoms with Crippen molar-refractivity contribution < 1.29 is 0 Å². The van der Waals surface area contributed by atoms with Gasteiger partial charge < -0.3 is 11.5 Å². The zero-order valence-electron chi connectivity index (χ0n) is 10.5. The van der Waals surface area contributed by atoms with Crippen LogP contribution in [0.1, 0.15) is 32.1 Å². The summed E-state index contributed by atoms with van der Waals surface area (Å²) in [5.74, 6) is 8.68. The van der Waals surface area contributed by atoms with E-state index in [9.17, 15) is 0 Å². The molecule has 0 aromatic rings. The summed E-state index contributed by atoms with van der Waals surface area (Å²) in [5.41, 5.74) is 11.1. The number of hydrazine groups is 1. The predicted octanol–water partition coefficient (Wildman–Crippen LogP) is 0.195. The Kier molecular flexibility index (Phi) is 2.69. The van der Waals surface area contributed by atoms with Gasteiger partial charge in [-0.15, -0.1) is 0 Å². The minimum atomic E-state index is -0.264. The Bertz CT molecular complexity index is 362. The van der Waals surface area contributed by atoms with Crippen LogP contribution in [0.4, 0.5) is 0 Å². The molecule has 0 unspecified atom stereocenters. The Balaban J connectivity index is 1.77. The first-order valence-corrected chi connectivity index (χ1v) is 6.76. The minimum absolute atomic E-state index is 0.181. The molecule has 0 saturated heterocycles. The summed E-state index contributed by atoms with van der Waals surface area (Å²) in [6, 6.07) is 0.295. The number of guanidine groups is 2. The third-order valence-corrected chi connectivity index (χ3v) is 4.96. The molecule has 0 radical (unpaired) electrons. The SMILES string of the molecule is N=C(N)N(N)C(N)=NC1C2CC3CC(C2)CC1C3. The van der Waals surface area contributed by atoms with Gasteiger partial charge in [0.25, 0.3) is 0 Å². The highest BCUT2D eigenvalue weighted by atomic mass is 15.5. The molecule has 4 aliphatic carbocycles. The summed E-state index contributed by atoms with van der Waals surface area (Å²) in [4.78, 5) is 4.57. The van der Waals surface area contributed by atoms with Gasteiger partial charge in [-0.3, -0.25) is 5.41 Å². The van der Waals surface area contributed by atoms with Gasteiger partial charge in [0.15, 0.2) is 0 Å². The van der Waals surface area contributed by atoms with Crippen LogP contribution < -0.4 is 17.3 Å². The third-order valence-electron chi connectivity index (χ3n) is 4.96. The van der Waals surface area contributed by atoms with Gasteiger partial charge in [0.2, 0.25) is 11.9 Å². The Morgan fingerprint density at radius 1 is 1.00 bits per heavy atom. The first-order chi connectivity index (χ1) is 8.54. The van der Waals surface area contributed by atoms with Crippen molar-refractivity contribution in [3.63, 3.8) is 0 Å². The monoisotopic (exact) mass is 250 g/mol. The van der Waals surface area contributed by atoms with Gasteiger partial charge in [-0.05, 0) is 55.8 Å². The second kappa shape index (κ2) is 4.12. The number of hydrogen-bond acceptors (Lipinski definition) is 3. The van der Waals surface area contributed by atoms with E-state index >= 15 is 0 Å². The summed E-state index contributed by atoms with van der Waals surface area (Å²) < 4.78 is 0. The standard InChI is InChI=1S/C12H22N6/c13-11(14)18(16)12(15)17-10-8-2-6-1-7(4-8)5-9(10)3-6/h6-10H,1-5,16H2,(H3,13,14)(H2,15,17). The van der Waals surface area contributed by atoms with Gasteiger partial charge in [-0.1, -0.05) is 0 Å². The largest absolute Gasteiger partial charge is 0.369 e. The molecular weight excluding hydrogens is 228 g/mol. The quantitative estimate of drug-likeness (QED) is 0.230. The Morgan fingerprint density at radius 2 is 1.50 bits per heavy atom. The second-order valence-electron chi connectivity index (χ2n) is 6.16. The lowest BCUT2D eigenvalue weighted by molar-refractivity contribution is 0.000945. The predicted molar refractivity (Wildman–Crippen MR) is 70.4 cm³/mol. The maximum atomic E-state index is 7.26. The maximum absolute atomic E-state index is 7.26. The Labute approximate surface area is 107 Å². The molecule has 0 aromatic heterocycles. The fraction of sp³-hybridized carbons (Fsp3) is 0.833. The normalized spacial score (nSPS) is 42.1. The maximum Gasteiger partial charge on any atom is 0.213 e. The topological polar surface area (TPSA) is 118 Å². The van der Waals surface area contributed by atoms with E-state index in [1.807, 2.05) is 0 Å². The first-order valence-electron chi connectivity index (χ1n) is 6.76. The van der Waals surface area contributed by atoms with Crippen LogP contribution in [0.3, 0.4) is 0 Å². The number of rotatable bonds is 1. The van der Waals surface area contributed by atoms with Crippen LogP contribution in [0.15, 0.2) is 4.99 Å². The van der Waals surface area contributed by atoms with Crippen molar-refractivity contribution in [2.75, 3.05) is 0 Å². The summed E-state index contributed by atoms with van der Waals surface area (Å²) in [6.45, 7) is 0. The zero-order valence-corrected chi connectivity index (χ0v) is 10.5. The molecule has 0 heterocycles. The molecule has 4 bridgehead atoms. The van der Waals surface area contributed by atoms with Gasteiger partial charge in [0.05, 0.1) is 6.04 Å². The minimum Gasteiger partial charge on any atom is -0.369 e. The lowest BCUT2D eigenvalue weighted by Gasteiger charge is -2.53. The Morgan fingerprint density at radius 3 is 1.94 bits per heavy atom. The summed E-state index contributed by atoms with van der Waals surface area (Å²) in [6.07, 6.45) is 6.59. The van der Waals surface area contributed by atoms with Crippen molar-refractivity contribution in [3.8, 4) is 0 Å². The van der Waals surface area contributed by atoms with Crippen LogP contribution in [0.25, 0.3) is 0 Å². The van der Waals surface area contributed by atoms with E-state index in [1.165, 1.54) is 32.1 Å². The highest BCUT2D eigenvalue weighted by molar-refractivity contribution is 5.94. The highest BCUT2D eigenvalue weighted by Gasteiger charge is 2.48. The van der Waals surface area contributed by atoms with Crippen molar-refractivity contribution in [3.05, 3.63) is 0 Å². The van der Waals surface area contributed by atoms with Crippen LogP contribution in [-0.2, 0) is 0 Å². The number of hydrogen-bond donors (Lipinski definition) is 4. The van der Waals surface area contributed by atoms with E-state index in [1.54, 1.807) is 0 Å². The molecule has 18 heavy (non-hydrogen) atoms. The Hall–Kier alpha value is -1.30. The van der Waals surface area contributed by atoms with E-state index in [0.29, 0.717) is 17.9 Å².